The lowest BCUT2D eigenvalue weighted by Gasteiger charge is -2.21. The molecule has 1 aromatic heterocycles. The number of hydrogen-bond acceptors (Lipinski definition) is 3. The first-order chi connectivity index (χ1) is 12.9. The maximum atomic E-state index is 11.0. The molecule has 3 rings (SSSR count). The fourth-order valence-corrected chi connectivity index (χ4v) is 3.92. The van der Waals surface area contributed by atoms with Crippen LogP contribution in [-0.4, -0.2) is 27.2 Å². The number of benzene rings is 1. The van der Waals surface area contributed by atoms with E-state index in [2.05, 4.69) is 18.4 Å². The molecule has 0 fully saturated rings. The van der Waals surface area contributed by atoms with Gasteiger partial charge in [0.2, 0.25) is 0 Å². The minimum Gasteiger partial charge on any atom is -0.480 e. The number of aliphatic carboxylic acids is 1. The summed E-state index contributed by atoms with van der Waals surface area (Å²) < 4.78 is 7.94. The number of carboxylic acids is 1. The third kappa shape index (κ3) is 4.65. The Morgan fingerprint density at radius 1 is 1.33 bits per heavy atom. The normalized spacial score (nSPS) is 17.0. The lowest BCUT2D eigenvalue weighted by atomic mass is 10.1. The molecular formula is C20H24Cl2N2O3. The van der Waals surface area contributed by atoms with Crippen LogP contribution in [-0.2, 0) is 22.5 Å². The van der Waals surface area contributed by atoms with Crippen molar-refractivity contribution in [2.75, 3.05) is 6.61 Å². The number of aryl methyl sites for hydroxylation is 1. The molecule has 27 heavy (non-hydrogen) atoms. The Morgan fingerprint density at radius 3 is 2.78 bits per heavy atom. The lowest BCUT2D eigenvalue weighted by molar-refractivity contribution is -0.144. The van der Waals surface area contributed by atoms with Crippen molar-refractivity contribution in [2.45, 2.75) is 58.1 Å². The van der Waals surface area contributed by atoms with E-state index in [0.29, 0.717) is 16.6 Å². The molecule has 1 heterocycles. The molecule has 1 aromatic carbocycles. The third-order valence-electron chi connectivity index (χ3n) is 4.80. The number of carboxylic acid groups (broad SMARTS) is 1. The van der Waals surface area contributed by atoms with Gasteiger partial charge in [0.05, 0.1) is 21.4 Å². The van der Waals surface area contributed by atoms with Crippen molar-refractivity contribution in [1.29, 1.82) is 0 Å². The SMILES string of the molecule is CC(C)c1nc2c(n1Cc1ccc(Cl)c(Cl)c1)C(OCC(=O)O)CCCC2. The van der Waals surface area contributed by atoms with E-state index in [1.165, 1.54) is 0 Å². The van der Waals surface area contributed by atoms with Crippen molar-refractivity contribution in [3.8, 4) is 0 Å². The van der Waals surface area contributed by atoms with Gasteiger partial charge in [0, 0.05) is 12.5 Å². The average Bonchev–Trinajstić information content (AvgIpc) is 2.83. The molecule has 1 aliphatic carbocycles. The summed E-state index contributed by atoms with van der Waals surface area (Å²) >= 11 is 12.2. The molecule has 146 valence electrons. The van der Waals surface area contributed by atoms with E-state index in [1.807, 2.05) is 12.1 Å². The van der Waals surface area contributed by atoms with Gasteiger partial charge in [0.25, 0.3) is 0 Å². The van der Waals surface area contributed by atoms with Crippen LogP contribution in [0.2, 0.25) is 10.0 Å². The van der Waals surface area contributed by atoms with E-state index in [4.69, 9.17) is 38.0 Å². The first-order valence-electron chi connectivity index (χ1n) is 9.23. The number of carbonyl (C=O) groups is 1. The minimum absolute atomic E-state index is 0.236. The Hall–Kier alpha value is -1.56. The van der Waals surface area contributed by atoms with Gasteiger partial charge < -0.3 is 14.4 Å². The molecule has 1 aliphatic rings. The van der Waals surface area contributed by atoms with Crippen LogP contribution >= 0.6 is 23.2 Å². The largest absolute Gasteiger partial charge is 0.480 e. The highest BCUT2D eigenvalue weighted by molar-refractivity contribution is 6.42. The van der Waals surface area contributed by atoms with Crippen molar-refractivity contribution >= 4 is 29.2 Å². The topological polar surface area (TPSA) is 64.4 Å². The second-order valence-electron chi connectivity index (χ2n) is 7.23. The molecule has 0 bridgehead atoms. The molecule has 1 atom stereocenters. The van der Waals surface area contributed by atoms with Gasteiger partial charge in [0.1, 0.15) is 18.5 Å². The van der Waals surface area contributed by atoms with Crippen LogP contribution in [0.1, 0.15) is 67.9 Å². The summed E-state index contributed by atoms with van der Waals surface area (Å²) in [6.07, 6.45) is 3.44. The van der Waals surface area contributed by atoms with E-state index in [-0.39, 0.29) is 18.6 Å². The number of aromatic nitrogens is 2. The summed E-state index contributed by atoms with van der Waals surface area (Å²) in [5.41, 5.74) is 3.04. The van der Waals surface area contributed by atoms with Gasteiger partial charge in [-0.05, 0) is 37.0 Å². The zero-order valence-electron chi connectivity index (χ0n) is 15.5. The molecule has 0 radical (unpaired) electrons. The zero-order valence-corrected chi connectivity index (χ0v) is 17.1. The van der Waals surface area contributed by atoms with Crippen LogP contribution in [0, 0.1) is 0 Å². The van der Waals surface area contributed by atoms with E-state index in [0.717, 1.165) is 48.5 Å². The van der Waals surface area contributed by atoms with E-state index >= 15 is 0 Å². The molecule has 1 unspecified atom stereocenters. The quantitative estimate of drug-likeness (QED) is 0.661. The summed E-state index contributed by atoms with van der Waals surface area (Å²) in [4.78, 5) is 15.9. The number of ether oxygens (including phenoxy) is 1. The molecule has 0 amide bonds. The van der Waals surface area contributed by atoms with Crippen molar-refractivity contribution in [3.05, 3.63) is 51.0 Å². The second-order valence-corrected chi connectivity index (χ2v) is 8.04. The maximum absolute atomic E-state index is 11.0. The Kier molecular flexibility index (Phi) is 6.45. The maximum Gasteiger partial charge on any atom is 0.329 e. The van der Waals surface area contributed by atoms with Gasteiger partial charge in [0.15, 0.2) is 0 Å². The summed E-state index contributed by atoms with van der Waals surface area (Å²) in [5.74, 6) is 0.261. The van der Waals surface area contributed by atoms with Crippen LogP contribution in [0.4, 0.5) is 0 Å². The zero-order chi connectivity index (χ0) is 19.6. The summed E-state index contributed by atoms with van der Waals surface area (Å²) in [5, 5.41) is 10.1. The molecule has 5 nitrogen and oxygen atoms in total. The van der Waals surface area contributed by atoms with Crippen LogP contribution in [0.3, 0.4) is 0 Å². The highest BCUT2D eigenvalue weighted by atomic mass is 35.5. The Morgan fingerprint density at radius 2 is 2.11 bits per heavy atom. The smallest absolute Gasteiger partial charge is 0.329 e. The number of rotatable bonds is 6. The number of fused-ring (bicyclic) bond motifs is 1. The van der Waals surface area contributed by atoms with Crippen molar-refractivity contribution in [1.82, 2.24) is 9.55 Å². The second kappa shape index (κ2) is 8.63. The number of nitrogens with zero attached hydrogens (tertiary/aromatic N) is 2. The van der Waals surface area contributed by atoms with Crippen molar-refractivity contribution in [3.63, 3.8) is 0 Å². The standard InChI is InChI=1S/C20H24Cl2N2O3/c1-12(2)20-23-16-5-3-4-6-17(27-11-18(25)26)19(16)24(20)10-13-7-8-14(21)15(22)9-13/h7-9,12,17H,3-6,10-11H2,1-2H3,(H,25,26). The monoisotopic (exact) mass is 410 g/mol. The first-order valence-corrected chi connectivity index (χ1v) is 9.99. The fraction of sp³-hybridized carbons (Fsp3) is 0.500. The van der Waals surface area contributed by atoms with E-state index in [9.17, 15) is 4.79 Å². The average molecular weight is 411 g/mol. The molecule has 0 aliphatic heterocycles. The Labute approximate surface area is 169 Å². The lowest BCUT2D eigenvalue weighted by Crippen LogP contribution is -2.18. The van der Waals surface area contributed by atoms with Crippen molar-refractivity contribution < 1.29 is 14.6 Å². The van der Waals surface area contributed by atoms with Crippen LogP contribution in [0.25, 0.3) is 0 Å². The Balaban J connectivity index is 2.03. The molecule has 0 saturated heterocycles. The highest BCUT2D eigenvalue weighted by Gasteiger charge is 2.28. The van der Waals surface area contributed by atoms with Gasteiger partial charge >= 0.3 is 5.97 Å². The number of hydrogen-bond donors (Lipinski definition) is 1. The summed E-state index contributed by atoms with van der Waals surface area (Å²) in [6.45, 7) is 4.51. The van der Waals surface area contributed by atoms with E-state index < -0.39 is 5.97 Å². The molecule has 7 heteroatoms. The predicted octanol–water partition coefficient (Wildman–Crippen LogP) is 5.23. The van der Waals surface area contributed by atoms with Gasteiger partial charge in [-0.25, -0.2) is 9.78 Å². The summed E-state index contributed by atoms with van der Waals surface area (Å²) in [7, 11) is 0. The van der Waals surface area contributed by atoms with Crippen molar-refractivity contribution in [2.24, 2.45) is 0 Å². The van der Waals surface area contributed by atoms with Crippen LogP contribution in [0.15, 0.2) is 18.2 Å². The first kappa shape index (κ1) is 20.2. The van der Waals surface area contributed by atoms with Crippen LogP contribution in [0.5, 0.6) is 0 Å². The molecule has 0 spiro atoms. The van der Waals surface area contributed by atoms with Gasteiger partial charge in [-0.2, -0.15) is 0 Å². The molecule has 0 saturated carbocycles. The summed E-state index contributed by atoms with van der Waals surface area (Å²) in [6, 6.07) is 5.61. The highest BCUT2D eigenvalue weighted by Crippen LogP contribution is 2.35. The van der Waals surface area contributed by atoms with E-state index in [1.54, 1.807) is 6.07 Å². The molecule has 2 aromatic rings. The molecule has 1 N–H and O–H groups in total. The third-order valence-corrected chi connectivity index (χ3v) is 5.54. The van der Waals surface area contributed by atoms with Crippen LogP contribution < -0.4 is 0 Å². The van der Waals surface area contributed by atoms with Gasteiger partial charge in [-0.15, -0.1) is 0 Å². The van der Waals surface area contributed by atoms with Gasteiger partial charge in [-0.3, -0.25) is 0 Å². The minimum atomic E-state index is -0.958. The van der Waals surface area contributed by atoms with Gasteiger partial charge in [-0.1, -0.05) is 49.5 Å². The molecular weight excluding hydrogens is 387 g/mol. The predicted molar refractivity (Wildman–Crippen MR) is 106 cm³/mol. The number of halogens is 2. The Bertz CT molecular complexity index is 833. The fourth-order valence-electron chi connectivity index (χ4n) is 3.60. The number of imidazole rings is 1.